The third-order valence-corrected chi connectivity index (χ3v) is 5.31. The SMILES string of the molecule is CC(C)(C)OC(=O)N1CCN(CCCNC(=O)CCn2ncc(=O)c3ccccc32)CC1. The van der Waals surface area contributed by atoms with Crippen LogP contribution in [0, 0.1) is 0 Å². The fourth-order valence-electron chi connectivity index (χ4n) is 3.65. The van der Waals surface area contributed by atoms with E-state index < -0.39 is 5.60 Å². The number of carbonyl (C=O) groups is 2. The van der Waals surface area contributed by atoms with Gasteiger partial charge in [-0.1, -0.05) is 12.1 Å². The first-order valence-corrected chi connectivity index (χ1v) is 11.1. The Balaban J connectivity index is 1.33. The van der Waals surface area contributed by atoms with Gasteiger partial charge in [-0.25, -0.2) is 4.79 Å². The van der Waals surface area contributed by atoms with Crippen molar-refractivity contribution >= 4 is 22.9 Å². The van der Waals surface area contributed by atoms with Gasteiger partial charge in [-0.05, 0) is 45.9 Å². The molecule has 0 unspecified atom stereocenters. The molecule has 32 heavy (non-hydrogen) atoms. The van der Waals surface area contributed by atoms with E-state index in [1.54, 1.807) is 15.6 Å². The van der Waals surface area contributed by atoms with Crippen molar-refractivity contribution in [3.05, 3.63) is 40.7 Å². The molecule has 1 N–H and O–H groups in total. The number of fused-ring (bicyclic) bond motifs is 1. The Bertz CT molecular complexity index is 990. The molecule has 9 nitrogen and oxygen atoms in total. The maximum atomic E-state index is 12.2. The van der Waals surface area contributed by atoms with Gasteiger partial charge in [0.25, 0.3) is 0 Å². The van der Waals surface area contributed by atoms with Crippen LogP contribution in [0.3, 0.4) is 0 Å². The van der Waals surface area contributed by atoms with E-state index in [0.29, 0.717) is 38.0 Å². The molecule has 2 amide bonds. The van der Waals surface area contributed by atoms with Gasteiger partial charge in [0.2, 0.25) is 11.3 Å². The number of ether oxygens (including phenoxy) is 1. The average Bonchev–Trinajstić information content (AvgIpc) is 2.76. The standard InChI is InChI=1S/C23H33N5O4/c1-23(2,3)32-22(31)27-15-13-26(14-16-27)11-6-10-24-21(30)9-12-28-19-8-5-4-7-18(19)20(29)17-25-28/h4-5,7-8,17H,6,9-16H2,1-3H3,(H,24,30). The Morgan fingerprint density at radius 1 is 1.09 bits per heavy atom. The monoisotopic (exact) mass is 443 g/mol. The van der Waals surface area contributed by atoms with Gasteiger partial charge in [-0.15, -0.1) is 0 Å². The number of amides is 2. The van der Waals surface area contributed by atoms with Gasteiger partial charge >= 0.3 is 6.09 Å². The van der Waals surface area contributed by atoms with Gasteiger partial charge in [-0.3, -0.25) is 19.2 Å². The van der Waals surface area contributed by atoms with Crippen molar-refractivity contribution in [3.63, 3.8) is 0 Å². The molecule has 0 saturated carbocycles. The lowest BCUT2D eigenvalue weighted by molar-refractivity contribution is -0.121. The van der Waals surface area contributed by atoms with Crippen LogP contribution in [0.15, 0.2) is 35.3 Å². The third-order valence-electron chi connectivity index (χ3n) is 5.31. The summed E-state index contributed by atoms with van der Waals surface area (Å²) in [4.78, 5) is 40.3. The van der Waals surface area contributed by atoms with Gasteiger partial charge in [0.15, 0.2) is 0 Å². The maximum absolute atomic E-state index is 12.2. The number of nitrogens with zero attached hydrogens (tertiary/aromatic N) is 4. The third kappa shape index (κ3) is 6.78. The topological polar surface area (TPSA) is 96.8 Å². The zero-order valence-electron chi connectivity index (χ0n) is 19.2. The van der Waals surface area contributed by atoms with Crippen molar-refractivity contribution in [2.45, 2.75) is 45.8 Å². The van der Waals surface area contributed by atoms with Crippen molar-refractivity contribution in [2.75, 3.05) is 39.3 Å². The molecule has 0 bridgehead atoms. The van der Waals surface area contributed by atoms with Crippen molar-refractivity contribution in [3.8, 4) is 0 Å². The van der Waals surface area contributed by atoms with Crippen LogP contribution in [0.4, 0.5) is 4.79 Å². The molecule has 1 saturated heterocycles. The van der Waals surface area contributed by atoms with Crippen LogP contribution in [0.2, 0.25) is 0 Å². The number of aryl methyl sites for hydroxylation is 1. The highest BCUT2D eigenvalue weighted by Gasteiger charge is 2.25. The number of hydrogen-bond donors (Lipinski definition) is 1. The summed E-state index contributed by atoms with van der Waals surface area (Å²) in [6.45, 7) is 10.4. The van der Waals surface area contributed by atoms with E-state index in [1.165, 1.54) is 6.20 Å². The van der Waals surface area contributed by atoms with Gasteiger partial charge in [0.1, 0.15) is 5.60 Å². The second-order valence-electron chi connectivity index (χ2n) is 9.01. The summed E-state index contributed by atoms with van der Waals surface area (Å²) in [5.74, 6) is -0.0377. The molecular formula is C23H33N5O4. The van der Waals surface area contributed by atoms with Crippen molar-refractivity contribution in [1.82, 2.24) is 24.9 Å². The molecule has 2 aromatic rings. The number of piperazine rings is 1. The number of para-hydroxylation sites is 1. The predicted molar refractivity (Wildman–Crippen MR) is 122 cm³/mol. The largest absolute Gasteiger partial charge is 0.444 e. The second kappa shape index (κ2) is 10.6. The summed E-state index contributed by atoms with van der Waals surface area (Å²) in [7, 11) is 0. The lowest BCUT2D eigenvalue weighted by Gasteiger charge is -2.35. The lowest BCUT2D eigenvalue weighted by Crippen LogP contribution is -2.50. The van der Waals surface area contributed by atoms with Crippen LogP contribution in [-0.2, 0) is 16.1 Å². The molecule has 0 aliphatic carbocycles. The number of rotatable bonds is 7. The Labute approximate surface area is 188 Å². The first-order valence-electron chi connectivity index (χ1n) is 11.1. The molecule has 3 rings (SSSR count). The highest BCUT2D eigenvalue weighted by molar-refractivity contribution is 5.79. The number of nitrogens with one attached hydrogen (secondary N) is 1. The van der Waals surface area contributed by atoms with Crippen LogP contribution >= 0.6 is 0 Å². The molecule has 1 aliphatic rings. The highest BCUT2D eigenvalue weighted by Crippen LogP contribution is 2.12. The molecule has 1 aromatic heterocycles. The smallest absolute Gasteiger partial charge is 0.410 e. The first-order chi connectivity index (χ1) is 15.2. The fraction of sp³-hybridized carbons (Fsp3) is 0.565. The summed E-state index contributed by atoms with van der Waals surface area (Å²) in [6, 6.07) is 7.28. The predicted octanol–water partition coefficient (Wildman–Crippen LogP) is 1.85. The lowest BCUT2D eigenvalue weighted by atomic mass is 10.2. The van der Waals surface area contributed by atoms with E-state index in [2.05, 4.69) is 15.3 Å². The average molecular weight is 444 g/mol. The Kier molecular flexibility index (Phi) is 7.84. The van der Waals surface area contributed by atoms with E-state index in [4.69, 9.17) is 4.74 Å². The van der Waals surface area contributed by atoms with E-state index in [-0.39, 0.29) is 17.4 Å². The van der Waals surface area contributed by atoms with E-state index in [9.17, 15) is 14.4 Å². The molecule has 0 atom stereocenters. The summed E-state index contributed by atoms with van der Waals surface area (Å²) in [5.41, 5.74) is 0.139. The van der Waals surface area contributed by atoms with Gasteiger partial charge in [0, 0.05) is 44.5 Å². The number of aromatic nitrogens is 2. The van der Waals surface area contributed by atoms with Crippen molar-refractivity contribution < 1.29 is 14.3 Å². The Hall–Kier alpha value is -2.94. The minimum Gasteiger partial charge on any atom is -0.444 e. The normalized spacial score (nSPS) is 15.0. The number of hydrogen-bond acceptors (Lipinski definition) is 6. The zero-order chi connectivity index (χ0) is 23.1. The molecule has 0 spiro atoms. The molecule has 2 heterocycles. The molecule has 9 heteroatoms. The maximum Gasteiger partial charge on any atom is 0.410 e. The molecule has 1 fully saturated rings. The van der Waals surface area contributed by atoms with Crippen molar-refractivity contribution in [1.29, 1.82) is 0 Å². The highest BCUT2D eigenvalue weighted by atomic mass is 16.6. The summed E-state index contributed by atoms with van der Waals surface area (Å²) < 4.78 is 7.12. The molecular weight excluding hydrogens is 410 g/mol. The van der Waals surface area contributed by atoms with E-state index >= 15 is 0 Å². The van der Waals surface area contributed by atoms with Crippen LogP contribution < -0.4 is 10.7 Å². The number of benzene rings is 1. The summed E-state index contributed by atoms with van der Waals surface area (Å²) in [5, 5.41) is 7.71. The van der Waals surface area contributed by atoms with Crippen LogP contribution in [0.5, 0.6) is 0 Å². The van der Waals surface area contributed by atoms with Gasteiger partial charge < -0.3 is 15.0 Å². The van der Waals surface area contributed by atoms with Crippen LogP contribution in [0.25, 0.3) is 10.9 Å². The van der Waals surface area contributed by atoms with Gasteiger partial charge in [0.05, 0.1) is 18.3 Å². The second-order valence-corrected chi connectivity index (χ2v) is 9.01. The van der Waals surface area contributed by atoms with Crippen LogP contribution in [-0.4, -0.2) is 76.5 Å². The Morgan fingerprint density at radius 2 is 1.81 bits per heavy atom. The minimum atomic E-state index is -0.479. The molecule has 1 aromatic carbocycles. The van der Waals surface area contributed by atoms with Gasteiger partial charge in [-0.2, -0.15) is 5.10 Å². The molecule has 0 radical (unpaired) electrons. The van der Waals surface area contributed by atoms with Crippen LogP contribution in [0.1, 0.15) is 33.6 Å². The first kappa shape index (κ1) is 23.7. The van der Waals surface area contributed by atoms with Crippen molar-refractivity contribution in [2.24, 2.45) is 0 Å². The molecule has 174 valence electrons. The zero-order valence-corrected chi connectivity index (χ0v) is 19.2. The summed E-state index contributed by atoms with van der Waals surface area (Å²) in [6.07, 6.45) is 2.18. The fourth-order valence-corrected chi connectivity index (χ4v) is 3.65. The summed E-state index contributed by atoms with van der Waals surface area (Å²) >= 11 is 0. The quantitative estimate of drug-likeness (QED) is 0.656. The minimum absolute atomic E-state index is 0.0377. The van der Waals surface area contributed by atoms with E-state index in [0.717, 1.165) is 31.6 Å². The molecule has 1 aliphatic heterocycles. The van der Waals surface area contributed by atoms with E-state index in [1.807, 2.05) is 39.0 Å². The number of carbonyl (C=O) groups excluding carboxylic acids is 2. The Morgan fingerprint density at radius 3 is 2.53 bits per heavy atom.